The van der Waals surface area contributed by atoms with Gasteiger partial charge in [0.1, 0.15) is 5.25 Å². The molecule has 2 amide bonds. The van der Waals surface area contributed by atoms with E-state index in [9.17, 15) is 9.59 Å². The standard InChI is InChI=1S/C14H9Cl2N3O2S/c15-9-3-2-8(6-10(9)16)19-12(20)7-11(13(19)21)22-14-17-4-1-5-18-14/h1-6,11H,7H2/t11-/m0/s1. The summed E-state index contributed by atoms with van der Waals surface area (Å²) in [6.45, 7) is 0. The molecule has 1 atom stereocenters. The van der Waals surface area contributed by atoms with Crippen LogP contribution in [0.2, 0.25) is 10.0 Å². The number of rotatable bonds is 3. The summed E-state index contributed by atoms with van der Waals surface area (Å²) in [5.41, 5.74) is 0.418. The first-order chi connectivity index (χ1) is 10.6. The van der Waals surface area contributed by atoms with Crippen LogP contribution in [0.15, 0.2) is 41.8 Å². The fourth-order valence-corrected chi connectivity index (χ4v) is 3.29. The normalized spacial score (nSPS) is 18.1. The van der Waals surface area contributed by atoms with Gasteiger partial charge in [0, 0.05) is 18.8 Å². The molecule has 0 saturated carbocycles. The number of benzene rings is 1. The summed E-state index contributed by atoms with van der Waals surface area (Å²) >= 11 is 13.0. The summed E-state index contributed by atoms with van der Waals surface area (Å²) in [7, 11) is 0. The maximum Gasteiger partial charge on any atom is 0.247 e. The second-order valence-corrected chi connectivity index (χ2v) is 6.49. The van der Waals surface area contributed by atoms with Crippen molar-refractivity contribution >= 4 is 52.5 Å². The smallest absolute Gasteiger partial charge is 0.247 e. The molecule has 0 N–H and O–H groups in total. The van der Waals surface area contributed by atoms with Crippen LogP contribution in [0.3, 0.4) is 0 Å². The number of halogens is 2. The maximum atomic E-state index is 12.5. The summed E-state index contributed by atoms with van der Waals surface area (Å²) < 4.78 is 0. The van der Waals surface area contributed by atoms with Gasteiger partial charge in [-0.25, -0.2) is 14.9 Å². The summed E-state index contributed by atoms with van der Waals surface area (Å²) in [5, 5.41) is 0.587. The first-order valence-corrected chi connectivity index (χ1v) is 7.95. The quantitative estimate of drug-likeness (QED) is 0.626. The Hall–Kier alpha value is -1.63. The highest BCUT2D eigenvalue weighted by molar-refractivity contribution is 8.00. The average Bonchev–Trinajstić information content (AvgIpc) is 2.78. The number of imide groups is 1. The van der Waals surface area contributed by atoms with E-state index in [2.05, 4.69) is 9.97 Å². The van der Waals surface area contributed by atoms with Gasteiger partial charge in [-0.2, -0.15) is 0 Å². The fraction of sp³-hybridized carbons (Fsp3) is 0.143. The topological polar surface area (TPSA) is 63.2 Å². The van der Waals surface area contributed by atoms with Crippen LogP contribution in [0, 0.1) is 0 Å². The lowest BCUT2D eigenvalue weighted by molar-refractivity contribution is -0.121. The van der Waals surface area contributed by atoms with Gasteiger partial charge in [-0.15, -0.1) is 0 Å². The van der Waals surface area contributed by atoms with E-state index in [1.807, 2.05) is 0 Å². The lowest BCUT2D eigenvalue weighted by Gasteiger charge is -2.15. The molecule has 1 saturated heterocycles. The molecule has 0 bridgehead atoms. The molecular formula is C14H9Cl2N3O2S. The van der Waals surface area contributed by atoms with Crippen molar-refractivity contribution in [3.05, 3.63) is 46.7 Å². The van der Waals surface area contributed by atoms with Crippen LogP contribution in [0.4, 0.5) is 5.69 Å². The van der Waals surface area contributed by atoms with Crippen molar-refractivity contribution < 1.29 is 9.59 Å². The number of amides is 2. The molecule has 1 aromatic heterocycles. The van der Waals surface area contributed by atoms with Crippen LogP contribution in [0.5, 0.6) is 0 Å². The van der Waals surface area contributed by atoms with E-state index >= 15 is 0 Å². The Balaban J connectivity index is 1.83. The molecule has 1 aliphatic heterocycles. The van der Waals surface area contributed by atoms with Gasteiger partial charge in [0.05, 0.1) is 15.7 Å². The van der Waals surface area contributed by atoms with Crippen molar-refractivity contribution in [3.63, 3.8) is 0 Å². The van der Waals surface area contributed by atoms with Crippen molar-refractivity contribution in [3.8, 4) is 0 Å². The summed E-state index contributed by atoms with van der Waals surface area (Å²) in [4.78, 5) is 33.9. The maximum absolute atomic E-state index is 12.5. The second kappa shape index (κ2) is 6.24. The van der Waals surface area contributed by atoms with Crippen molar-refractivity contribution in [1.82, 2.24) is 9.97 Å². The fourth-order valence-electron chi connectivity index (χ4n) is 2.07. The molecule has 2 heterocycles. The average molecular weight is 354 g/mol. The lowest BCUT2D eigenvalue weighted by atomic mass is 10.3. The Morgan fingerprint density at radius 1 is 1.14 bits per heavy atom. The molecule has 1 fully saturated rings. The molecule has 5 nitrogen and oxygen atoms in total. The lowest BCUT2D eigenvalue weighted by Crippen LogP contribution is -2.31. The Labute approximate surface area is 140 Å². The van der Waals surface area contributed by atoms with Gasteiger partial charge in [0.2, 0.25) is 11.8 Å². The minimum absolute atomic E-state index is 0.0992. The molecule has 0 aliphatic carbocycles. The van der Waals surface area contributed by atoms with Crippen LogP contribution >= 0.6 is 35.0 Å². The highest BCUT2D eigenvalue weighted by Gasteiger charge is 2.40. The molecule has 8 heteroatoms. The van der Waals surface area contributed by atoms with Crippen molar-refractivity contribution in [2.75, 3.05) is 4.90 Å². The second-order valence-electron chi connectivity index (χ2n) is 4.51. The van der Waals surface area contributed by atoms with Gasteiger partial charge < -0.3 is 0 Å². The third kappa shape index (κ3) is 2.95. The van der Waals surface area contributed by atoms with Crippen LogP contribution in [-0.4, -0.2) is 27.0 Å². The van der Waals surface area contributed by atoms with Gasteiger partial charge in [0.25, 0.3) is 0 Å². The third-order valence-corrected chi connectivity index (χ3v) is 4.87. The zero-order chi connectivity index (χ0) is 15.7. The molecule has 3 rings (SSSR count). The first-order valence-electron chi connectivity index (χ1n) is 6.32. The summed E-state index contributed by atoms with van der Waals surface area (Å²) in [6, 6.07) is 6.34. The Bertz CT molecular complexity index is 742. The number of thioether (sulfide) groups is 1. The Morgan fingerprint density at radius 2 is 1.86 bits per heavy atom. The zero-order valence-electron chi connectivity index (χ0n) is 11.1. The van der Waals surface area contributed by atoms with Gasteiger partial charge in [-0.3, -0.25) is 9.59 Å². The van der Waals surface area contributed by atoms with Crippen LogP contribution in [0.1, 0.15) is 6.42 Å². The van der Waals surface area contributed by atoms with Crippen molar-refractivity contribution in [2.45, 2.75) is 16.8 Å². The van der Waals surface area contributed by atoms with Gasteiger partial charge in [-0.05, 0) is 24.3 Å². The molecule has 2 aromatic rings. The summed E-state index contributed by atoms with van der Waals surface area (Å²) in [5.74, 6) is -0.585. The number of aromatic nitrogens is 2. The van der Waals surface area contributed by atoms with E-state index in [-0.39, 0.29) is 18.2 Å². The number of hydrogen-bond acceptors (Lipinski definition) is 5. The van der Waals surface area contributed by atoms with Crippen LogP contribution in [0.25, 0.3) is 0 Å². The van der Waals surface area contributed by atoms with Gasteiger partial charge >= 0.3 is 0 Å². The number of carbonyl (C=O) groups is 2. The molecule has 1 aliphatic rings. The zero-order valence-corrected chi connectivity index (χ0v) is 13.4. The van der Waals surface area contributed by atoms with E-state index in [0.29, 0.717) is 20.9 Å². The number of anilines is 1. The van der Waals surface area contributed by atoms with E-state index in [1.54, 1.807) is 30.6 Å². The van der Waals surface area contributed by atoms with Gasteiger partial charge in [0.15, 0.2) is 5.16 Å². The van der Waals surface area contributed by atoms with Crippen LogP contribution < -0.4 is 4.90 Å². The first kappa shape index (κ1) is 15.3. The molecule has 22 heavy (non-hydrogen) atoms. The van der Waals surface area contributed by atoms with E-state index in [1.165, 1.54) is 17.8 Å². The predicted molar refractivity (Wildman–Crippen MR) is 85.2 cm³/mol. The number of carbonyl (C=O) groups excluding carboxylic acids is 2. The minimum atomic E-state index is -0.538. The predicted octanol–water partition coefficient (Wildman–Crippen LogP) is 3.21. The molecule has 1 aromatic carbocycles. The third-order valence-electron chi connectivity index (χ3n) is 3.06. The number of nitrogens with zero attached hydrogens (tertiary/aromatic N) is 3. The van der Waals surface area contributed by atoms with Gasteiger partial charge in [-0.1, -0.05) is 35.0 Å². The highest BCUT2D eigenvalue weighted by Crippen LogP contribution is 2.34. The monoisotopic (exact) mass is 353 g/mol. The van der Waals surface area contributed by atoms with E-state index in [0.717, 1.165) is 4.90 Å². The van der Waals surface area contributed by atoms with Crippen molar-refractivity contribution in [2.24, 2.45) is 0 Å². The van der Waals surface area contributed by atoms with E-state index < -0.39 is 5.25 Å². The number of hydrogen-bond donors (Lipinski definition) is 0. The largest absolute Gasteiger partial charge is 0.274 e. The van der Waals surface area contributed by atoms with E-state index in [4.69, 9.17) is 23.2 Å². The summed E-state index contributed by atoms with van der Waals surface area (Å²) in [6.07, 6.45) is 3.28. The highest BCUT2D eigenvalue weighted by atomic mass is 35.5. The SMILES string of the molecule is O=C1C[C@H](Sc2ncccn2)C(=O)N1c1ccc(Cl)c(Cl)c1. The van der Waals surface area contributed by atoms with Crippen LogP contribution in [-0.2, 0) is 9.59 Å². The molecule has 0 spiro atoms. The molecule has 0 radical (unpaired) electrons. The Kier molecular flexibility index (Phi) is 4.33. The van der Waals surface area contributed by atoms with Crippen molar-refractivity contribution in [1.29, 1.82) is 0 Å². The molecule has 112 valence electrons. The molecule has 0 unspecified atom stereocenters. The minimum Gasteiger partial charge on any atom is -0.274 e. The molecular weight excluding hydrogens is 345 g/mol. The Morgan fingerprint density at radius 3 is 2.55 bits per heavy atom.